The Labute approximate surface area is 382 Å². The lowest BCUT2D eigenvalue weighted by Crippen LogP contribution is -2.60. The van der Waals surface area contributed by atoms with Gasteiger partial charge in [-0.3, -0.25) is 9.59 Å². The lowest BCUT2D eigenvalue weighted by molar-refractivity contribution is -0.277. The molecule has 3 aromatic rings. The molecule has 0 radical (unpaired) electrons. The number of hydrogen-bond donors (Lipinski definition) is 8. The first-order valence-corrected chi connectivity index (χ1v) is 22.7. The van der Waals surface area contributed by atoms with Crippen LogP contribution in [0.3, 0.4) is 0 Å². The number of aliphatic hydroxyl groups excluding tert-OH is 4. The van der Waals surface area contributed by atoms with E-state index in [1.54, 1.807) is 24.3 Å². The van der Waals surface area contributed by atoms with Crippen LogP contribution in [0.15, 0.2) is 82.0 Å². The van der Waals surface area contributed by atoms with Crippen molar-refractivity contribution in [3.63, 3.8) is 0 Å². The highest BCUT2D eigenvalue weighted by molar-refractivity contribution is 6.07. The Morgan fingerprint density at radius 1 is 0.712 bits per heavy atom. The molecule has 66 heavy (non-hydrogen) atoms. The Balaban J connectivity index is 1.09. The molecule has 0 spiro atoms. The molecule has 5 atom stereocenters. The SMILES string of the molecule is CCCCCCCCCCCCCCNC(=O)c1cc(COC(=O)NCc2ccc(-c3c4ccc(=O)cc-4oc4cc(O)ccc34)c(C(=O)O)c2)ccc1O[C@@H]1O[C@H](CO)[C@H](O)[C@H](O)[C@H]1O. The number of rotatable bonds is 23. The molecule has 3 aromatic carbocycles. The Morgan fingerprint density at radius 3 is 2.08 bits per heavy atom. The summed E-state index contributed by atoms with van der Waals surface area (Å²) < 4.78 is 22.8. The monoisotopic (exact) mass is 912 g/mol. The van der Waals surface area contributed by atoms with E-state index in [2.05, 4.69) is 17.6 Å². The van der Waals surface area contributed by atoms with Crippen molar-refractivity contribution in [1.29, 1.82) is 0 Å². The maximum Gasteiger partial charge on any atom is 0.407 e. The van der Waals surface area contributed by atoms with Gasteiger partial charge in [0.2, 0.25) is 6.29 Å². The summed E-state index contributed by atoms with van der Waals surface area (Å²) >= 11 is 0. The predicted octanol–water partition coefficient (Wildman–Crippen LogP) is 7.00. The molecule has 1 saturated heterocycles. The van der Waals surface area contributed by atoms with Crippen LogP contribution in [-0.4, -0.2) is 92.5 Å². The summed E-state index contributed by atoms with van der Waals surface area (Å²) in [4.78, 5) is 51.4. The van der Waals surface area contributed by atoms with Crippen LogP contribution >= 0.6 is 0 Å². The fourth-order valence-electron chi connectivity index (χ4n) is 8.12. The van der Waals surface area contributed by atoms with Crippen molar-refractivity contribution < 1.29 is 63.7 Å². The topological polar surface area (TPSA) is 255 Å². The zero-order valence-corrected chi connectivity index (χ0v) is 37.1. The summed E-state index contributed by atoms with van der Waals surface area (Å²) in [7, 11) is 0. The summed E-state index contributed by atoms with van der Waals surface area (Å²) in [5.74, 6) is -1.66. The number of aromatic carboxylic acids is 1. The Bertz CT molecular complexity index is 2450. The molecule has 3 aliphatic rings. The molecule has 0 bridgehead atoms. The van der Waals surface area contributed by atoms with Gasteiger partial charge >= 0.3 is 12.1 Å². The smallest absolute Gasteiger partial charge is 0.407 e. The number of nitrogens with one attached hydrogen (secondary N) is 2. The van der Waals surface area contributed by atoms with Gasteiger partial charge in [-0.2, -0.15) is 0 Å². The number of hydrogen-bond acceptors (Lipinski definition) is 13. The van der Waals surface area contributed by atoms with Crippen molar-refractivity contribution in [3.05, 3.63) is 105 Å². The lowest BCUT2D eigenvalue weighted by atomic mass is 9.90. The van der Waals surface area contributed by atoms with Crippen molar-refractivity contribution in [1.82, 2.24) is 10.6 Å². The van der Waals surface area contributed by atoms with Gasteiger partial charge in [-0.25, -0.2) is 9.59 Å². The average molecular weight is 913 g/mol. The number of carbonyl (C=O) groups is 3. The molecule has 2 amide bonds. The number of alkyl carbamates (subject to hydrolysis) is 1. The van der Waals surface area contributed by atoms with Gasteiger partial charge in [-0.05, 0) is 65.6 Å². The lowest BCUT2D eigenvalue weighted by Gasteiger charge is -2.39. The third-order valence-electron chi connectivity index (χ3n) is 11.8. The summed E-state index contributed by atoms with van der Waals surface area (Å²) in [5.41, 5.74) is 1.96. The number of ether oxygens (including phenoxy) is 3. The van der Waals surface area contributed by atoms with Gasteiger partial charge in [-0.1, -0.05) is 95.8 Å². The van der Waals surface area contributed by atoms with Crippen LogP contribution in [0.1, 0.15) is 116 Å². The Morgan fingerprint density at radius 2 is 1.38 bits per heavy atom. The van der Waals surface area contributed by atoms with Gasteiger partial charge in [0.15, 0.2) is 5.43 Å². The molecule has 16 heteroatoms. The minimum atomic E-state index is -1.72. The average Bonchev–Trinajstić information content (AvgIpc) is 3.31. The third-order valence-corrected chi connectivity index (χ3v) is 11.8. The number of carbonyl (C=O) groups excluding carboxylic acids is 2. The number of phenolic OH excluding ortho intramolecular Hbond substituents is 1. The summed E-state index contributed by atoms with van der Waals surface area (Å²) in [6.45, 7) is 1.53. The molecule has 8 N–H and O–H groups in total. The summed E-state index contributed by atoms with van der Waals surface area (Å²) in [6, 6.07) is 17.7. The zero-order chi connectivity index (χ0) is 47.2. The molecule has 0 aromatic heterocycles. The van der Waals surface area contributed by atoms with Crippen molar-refractivity contribution in [2.75, 3.05) is 13.2 Å². The number of fused-ring (bicyclic) bond motifs is 2. The zero-order valence-electron chi connectivity index (χ0n) is 37.1. The second kappa shape index (κ2) is 23.9. The largest absolute Gasteiger partial charge is 0.508 e. The highest BCUT2D eigenvalue weighted by Gasteiger charge is 2.45. The minimum Gasteiger partial charge on any atom is -0.508 e. The number of benzene rings is 4. The van der Waals surface area contributed by atoms with E-state index >= 15 is 0 Å². The van der Waals surface area contributed by atoms with Crippen LogP contribution in [0.2, 0.25) is 0 Å². The number of carboxylic acids is 1. The van der Waals surface area contributed by atoms with Crippen LogP contribution in [0, 0.1) is 0 Å². The highest BCUT2D eigenvalue weighted by atomic mass is 16.7. The quantitative estimate of drug-likeness (QED) is 0.0243. The molecular formula is C50H60N2O14. The van der Waals surface area contributed by atoms with E-state index in [-0.39, 0.29) is 52.5 Å². The van der Waals surface area contributed by atoms with Crippen molar-refractivity contribution in [2.24, 2.45) is 0 Å². The van der Waals surface area contributed by atoms with Crippen LogP contribution in [0.25, 0.3) is 33.4 Å². The van der Waals surface area contributed by atoms with Crippen LogP contribution < -0.4 is 20.8 Å². The van der Waals surface area contributed by atoms with E-state index in [1.165, 1.54) is 99.9 Å². The second-order valence-corrected chi connectivity index (χ2v) is 16.7. The summed E-state index contributed by atoms with van der Waals surface area (Å²) in [6.07, 6.45) is 5.34. The third kappa shape index (κ3) is 12.9. The molecule has 0 unspecified atom stereocenters. The van der Waals surface area contributed by atoms with Crippen molar-refractivity contribution in [3.8, 4) is 33.9 Å². The molecular weight excluding hydrogens is 853 g/mol. The van der Waals surface area contributed by atoms with E-state index in [0.29, 0.717) is 39.7 Å². The first-order chi connectivity index (χ1) is 31.9. The minimum absolute atomic E-state index is 0.0200. The molecule has 2 heterocycles. The van der Waals surface area contributed by atoms with Gasteiger partial charge in [0, 0.05) is 41.7 Å². The van der Waals surface area contributed by atoms with Crippen molar-refractivity contribution >= 4 is 28.9 Å². The van der Waals surface area contributed by atoms with Gasteiger partial charge < -0.3 is 59.9 Å². The van der Waals surface area contributed by atoms with Gasteiger partial charge in [0.25, 0.3) is 5.91 Å². The molecule has 1 fully saturated rings. The molecule has 1 aliphatic carbocycles. The Kier molecular flexibility index (Phi) is 17.9. The van der Waals surface area contributed by atoms with Gasteiger partial charge in [0.05, 0.1) is 17.7 Å². The normalized spacial score (nSPS) is 18.3. The number of carboxylic acid groups (broad SMARTS) is 1. The van der Waals surface area contributed by atoms with Crippen molar-refractivity contribution in [2.45, 2.75) is 128 Å². The van der Waals surface area contributed by atoms with E-state index < -0.39 is 55.3 Å². The molecule has 2 aliphatic heterocycles. The maximum absolute atomic E-state index is 13.6. The predicted molar refractivity (Wildman–Crippen MR) is 244 cm³/mol. The fraction of sp³-hybridized carbons (Fsp3) is 0.440. The molecule has 0 saturated carbocycles. The summed E-state index contributed by atoms with van der Waals surface area (Å²) in [5, 5.41) is 67.3. The van der Waals surface area contributed by atoms with Gasteiger partial charge in [-0.15, -0.1) is 0 Å². The van der Waals surface area contributed by atoms with E-state index in [9.17, 15) is 49.8 Å². The van der Waals surface area contributed by atoms with Crippen LogP contribution in [-0.2, 0) is 22.6 Å². The molecule has 16 nitrogen and oxygen atoms in total. The van der Waals surface area contributed by atoms with Crippen LogP contribution in [0.4, 0.5) is 4.79 Å². The number of phenols is 1. The fourth-order valence-corrected chi connectivity index (χ4v) is 8.12. The number of amides is 2. The first-order valence-electron chi connectivity index (χ1n) is 22.7. The van der Waals surface area contributed by atoms with E-state index in [1.807, 2.05) is 0 Å². The maximum atomic E-state index is 13.6. The number of aromatic hydroxyl groups is 1. The first kappa shape index (κ1) is 49.4. The van der Waals surface area contributed by atoms with Crippen LogP contribution in [0.5, 0.6) is 11.5 Å². The molecule has 354 valence electrons. The number of unbranched alkanes of at least 4 members (excludes halogenated alkanes) is 11. The van der Waals surface area contributed by atoms with E-state index in [0.717, 1.165) is 25.7 Å². The van der Waals surface area contributed by atoms with E-state index in [4.69, 9.17) is 18.6 Å². The standard InChI is InChI=1S/C50H60N2O14/c1-2-3-4-5-6-7-8-9-10-11-12-13-22-51-47(59)38-24-31(15-21-39(38)65-49-46(58)45(57)44(56)42(28-53)66-49)29-63-50(62)52-27-30-14-18-34(37(23-30)48(60)61)43-35-19-16-32(54)25-40(35)64-41-26-33(55)17-20-36(41)43/h14-21,23-26,42,44-46,49,53-54,56-58H,2-13,22,27-29H2,1H3,(H,51,59)(H,52,62)(H,60,61)/t42-,44+,45+,46-,49-/m1/s1. The Hall–Kier alpha value is -6.04. The van der Waals surface area contributed by atoms with Gasteiger partial charge in [0.1, 0.15) is 53.9 Å². The number of aliphatic hydroxyl groups is 4. The molecule has 6 rings (SSSR count). The second-order valence-electron chi connectivity index (χ2n) is 16.7. The highest BCUT2D eigenvalue weighted by Crippen LogP contribution is 2.42.